The van der Waals surface area contributed by atoms with Gasteiger partial charge in [-0.15, -0.1) is 0 Å². The highest BCUT2D eigenvalue weighted by Crippen LogP contribution is 2.14. The highest BCUT2D eigenvalue weighted by Gasteiger charge is 2.24. The minimum Gasteiger partial charge on any atom is -1.00 e. The molecule has 0 amide bonds. The van der Waals surface area contributed by atoms with Gasteiger partial charge in [0, 0.05) is 74.3 Å². The van der Waals surface area contributed by atoms with Crippen LogP contribution in [-0.4, -0.2) is 292 Å². The molecule has 0 radical (unpaired) electrons. The zero-order valence-corrected chi connectivity index (χ0v) is 56.5. The fourth-order valence-corrected chi connectivity index (χ4v) is 8.58. The molecule has 1 saturated heterocycles. The molecule has 0 aromatic carbocycles. The Morgan fingerprint density at radius 2 is 1.06 bits per heavy atom. The molecule has 1 aliphatic heterocycles. The lowest BCUT2D eigenvalue weighted by atomic mass is 10.2. The summed E-state index contributed by atoms with van der Waals surface area (Å²) in [6.45, 7) is 34.5. The van der Waals surface area contributed by atoms with E-state index in [1.165, 1.54) is 96.7 Å². The first-order valence-corrected chi connectivity index (χ1v) is 29.0. The van der Waals surface area contributed by atoms with Gasteiger partial charge in [0.2, 0.25) is 0 Å². The molecular formula is C55H122Cl3IN8O9S. The number of halogens is 4. The first-order valence-electron chi connectivity index (χ1n) is 27.4. The van der Waals surface area contributed by atoms with Crippen LogP contribution >= 0.6 is 0 Å². The van der Waals surface area contributed by atoms with Gasteiger partial charge in [0.25, 0.3) is 10.1 Å². The fourth-order valence-electron chi connectivity index (χ4n) is 8.01. The average molecular weight is 1300 g/mol. The number of quaternary nitrogens is 4. The third kappa shape index (κ3) is 55.1. The number of methoxy groups -OCH3 is 4. The van der Waals surface area contributed by atoms with Crippen molar-refractivity contribution in [1.82, 2.24) is 19.7 Å². The van der Waals surface area contributed by atoms with Gasteiger partial charge in [-0.25, -0.2) is 4.98 Å². The molecule has 0 bridgehead atoms. The number of ether oxygens (including phenoxy) is 6. The SMILES string of the molecule is C.CC[N+](C)(C)CC[N+](C)(C)CCCCCOC.CC[N+](CC)(CC)Cc1cccc(COC)n1.COCCCCS(=O)(=O)O.COCCOCCOCC[N+]1(C)CCCN(C)CCN(C)CCCN(C)CC1.[Cl-].[Cl-].[Cl-].[I-]. The van der Waals surface area contributed by atoms with Gasteiger partial charge in [-0.3, -0.25) is 4.55 Å². The number of hydrogen-bond acceptors (Lipinski definition) is 12. The van der Waals surface area contributed by atoms with Crippen molar-refractivity contribution in [3.05, 3.63) is 29.6 Å². The third-order valence-corrected chi connectivity index (χ3v) is 15.0. The van der Waals surface area contributed by atoms with Gasteiger partial charge in [-0.2, -0.15) is 8.42 Å². The topological polar surface area (TPSA) is 132 Å². The van der Waals surface area contributed by atoms with E-state index in [1.807, 2.05) is 6.07 Å². The predicted octanol–water partition coefficient (Wildman–Crippen LogP) is -5.76. The summed E-state index contributed by atoms with van der Waals surface area (Å²) in [5, 5.41) is 0. The summed E-state index contributed by atoms with van der Waals surface area (Å²) in [7, 11) is 21.5. The Balaban J connectivity index is -0.000000176. The Bertz CT molecular complexity index is 1510. The molecule has 1 aliphatic rings. The smallest absolute Gasteiger partial charge is 0.264 e. The van der Waals surface area contributed by atoms with Crippen molar-refractivity contribution < 1.29 is 121 Å². The van der Waals surface area contributed by atoms with Crippen molar-refractivity contribution in [2.45, 2.75) is 93.2 Å². The highest BCUT2D eigenvalue weighted by molar-refractivity contribution is 7.85. The molecule has 0 spiro atoms. The second-order valence-electron chi connectivity index (χ2n) is 21.5. The van der Waals surface area contributed by atoms with Crippen LogP contribution in [0.4, 0.5) is 0 Å². The van der Waals surface area contributed by atoms with Crippen LogP contribution < -0.4 is 61.2 Å². The summed E-state index contributed by atoms with van der Waals surface area (Å²) in [6.07, 6.45) is 7.40. The monoisotopic (exact) mass is 1300 g/mol. The van der Waals surface area contributed by atoms with E-state index >= 15 is 0 Å². The number of pyridine rings is 1. The molecule has 22 heteroatoms. The van der Waals surface area contributed by atoms with E-state index in [1.54, 1.807) is 28.4 Å². The molecule has 470 valence electrons. The Labute approximate surface area is 511 Å². The van der Waals surface area contributed by atoms with Crippen LogP contribution in [0.2, 0.25) is 0 Å². The van der Waals surface area contributed by atoms with Crippen LogP contribution in [0, 0.1) is 0 Å². The molecule has 2 heterocycles. The van der Waals surface area contributed by atoms with Crippen molar-refractivity contribution in [2.75, 3.05) is 242 Å². The van der Waals surface area contributed by atoms with Crippen molar-refractivity contribution in [2.24, 2.45) is 0 Å². The van der Waals surface area contributed by atoms with Crippen LogP contribution in [0.25, 0.3) is 0 Å². The lowest BCUT2D eigenvalue weighted by Gasteiger charge is -2.37. The van der Waals surface area contributed by atoms with Gasteiger partial charge in [0.1, 0.15) is 26.2 Å². The molecule has 1 aromatic heterocycles. The Kier molecular flexibility index (Phi) is 65.3. The summed E-state index contributed by atoms with van der Waals surface area (Å²) >= 11 is 0. The lowest BCUT2D eigenvalue weighted by molar-refractivity contribution is -0.945. The maximum Gasteiger partial charge on any atom is 0.264 e. The van der Waals surface area contributed by atoms with E-state index < -0.39 is 10.1 Å². The quantitative estimate of drug-likeness (QED) is 0.0329. The molecule has 2 rings (SSSR count). The van der Waals surface area contributed by atoms with Crippen LogP contribution in [0.3, 0.4) is 0 Å². The maximum atomic E-state index is 10.1. The zero-order valence-electron chi connectivity index (χ0n) is 51.3. The number of likely N-dealkylation sites (N-methyl/N-ethyl adjacent to an activating group) is 6. The molecule has 17 nitrogen and oxygen atoms in total. The second-order valence-corrected chi connectivity index (χ2v) is 23.1. The van der Waals surface area contributed by atoms with E-state index in [4.69, 9.17) is 28.2 Å². The molecule has 1 atom stereocenters. The van der Waals surface area contributed by atoms with Crippen LogP contribution in [0.5, 0.6) is 0 Å². The number of hydrogen-bond donors (Lipinski definition) is 1. The summed E-state index contributed by atoms with van der Waals surface area (Å²) in [4.78, 5) is 12.1. The van der Waals surface area contributed by atoms with Crippen LogP contribution in [-0.2, 0) is 51.7 Å². The van der Waals surface area contributed by atoms with Gasteiger partial charge >= 0.3 is 0 Å². The normalized spacial score (nSPS) is 16.3. The van der Waals surface area contributed by atoms with Gasteiger partial charge < -0.3 is 122 Å². The summed E-state index contributed by atoms with van der Waals surface area (Å²) in [5.41, 5.74) is 2.19. The van der Waals surface area contributed by atoms with Gasteiger partial charge in [-0.1, -0.05) is 13.5 Å². The van der Waals surface area contributed by atoms with Gasteiger partial charge in [0.15, 0.2) is 0 Å². The van der Waals surface area contributed by atoms with E-state index in [0.29, 0.717) is 52.5 Å². The van der Waals surface area contributed by atoms with E-state index in [2.05, 4.69) is 121 Å². The first-order chi connectivity index (χ1) is 34.0. The molecule has 1 aromatic rings. The minimum absolute atomic E-state index is 0. The van der Waals surface area contributed by atoms with E-state index in [9.17, 15) is 8.42 Å². The average Bonchev–Trinajstić information content (AvgIpc) is 3.34. The molecular weight excluding hydrogens is 1180 g/mol. The number of nitrogens with zero attached hydrogens (tertiary/aromatic N) is 8. The number of aromatic nitrogens is 1. The number of unbranched alkanes of at least 4 members (excludes halogenated alkanes) is 3. The van der Waals surface area contributed by atoms with Crippen LogP contribution in [0.1, 0.15) is 91.5 Å². The Morgan fingerprint density at radius 3 is 1.57 bits per heavy atom. The maximum absolute atomic E-state index is 10.1. The largest absolute Gasteiger partial charge is 1.00 e. The molecule has 1 N–H and O–H groups in total. The summed E-state index contributed by atoms with van der Waals surface area (Å²) in [6, 6.07) is 6.21. The van der Waals surface area contributed by atoms with E-state index in [-0.39, 0.29) is 74.4 Å². The standard InChI is InChI=1S/C21H47N4O3.C14H25N2O.C14H34N2O.C5H12O4S.CH4.3ClH.HI/c1-22-8-6-9-24(3)13-15-25(4,14-7-10-23(2)12-11-22)16-17-27-20-21-28-19-18-26-5;1-5-16(6-2,7-3)11-13-9-8-10-14(15-13)12-17-4;1-7-15(2,3)12-13-16(4,5)11-9-8-10-14-17-6;1-9-4-2-3-5-10(6,7)8;;;;;/h6-21H2,1-5H3;8-10H,5-7,11-12H2,1-4H3;7-14H2,1-6H3;2-5H2,1H3,(H,6,7,8);1H4;4*1H/q2*+1;+2;;;;;;/p-4. The van der Waals surface area contributed by atoms with Crippen molar-refractivity contribution in [3.63, 3.8) is 0 Å². The summed E-state index contributed by atoms with van der Waals surface area (Å²) < 4.78 is 64.1. The van der Waals surface area contributed by atoms with Crippen LogP contribution in [0.15, 0.2) is 18.2 Å². The molecule has 0 aliphatic carbocycles. The van der Waals surface area contributed by atoms with Gasteiger partial charge in [0.05, 0.1) is 138 Å². The fraction of sp³-hybridized carbons (Fsp3) is 0.909. The second kappa shape index (κ2) is 55.3. The lowest BCUT2D eigenvalue weighted by Crippen LogP contribution is -3.00. The molecule has 0 saturated carbocycles. The summed E-state index contributed by atoms with van der Waals surface area (Å²) in [5.74, 6) is -0.170. The minimum atomic E-state index is -3.76. The third-order valence-electron chi connectivity index (χ3n) is 14.2. The molecule has 77 heavy (non-hydrogen) atoms. The molecule has 1 fully saturated rings. The van der Waals surface area contributed by atoms with Crippen molar-refractivity contribution in [1.29, 1.82) is 0 Å². The van der Waals surface area contributed by atoms with E-state index in [0.717, 1.165) is 89.2 Å². The predicted molar refractivity (Wildman–Crippen MR) is 306 cm³/mol. The number of rotatable bonds is 31. The first kappa shape index (κ1) is 90.9. The zero-order chi connectivity index (χ0) is 54.8. The van der Waals surface area contributed by atoms with Crippen molar-refractivity contribution >= 4 is 10.1 Å². The van der Waals surface area contributed by atoms with Gasteiger partial charge in [-0.05, 0) is 113 Å². The van der Waals surface area contributed by atoms with Crippen molar-refractivity contribution in [3.8, 4) is 0 Å². The highest BCUT2D eigenvalue weighted by atomic mass is 127. The molecule has 1 unspecified atom stereocenters. The Morgan fingerprint density at radius 1 is 0.584 bits per heavy atom. The Hall–Kier alpha value is 0.140.